The van der Waals surface area contributed by atoms with Crippen molar-refractivity contribution in [2.75, 3.05) is 30.1 Å². The summed E-state index contributed by atoms with van der Waals surface area (Å²) < 4.78 is 23.3. The van der Waals surface area contributed by atoms with Gasteiger partial charge in [0.25, 0.3) is 0 Å². The predicted molar refractivity (Wildman–Crippen MR) is 106 cm³/mol. The van der Waals surface area contributed by atoms with E-state index in [1.807, 2.05) is 44.3 Å². The summed E-state index contributed by atoms with van der Waals surface area (Å²) >= 11 is 6.04. The molecule has 0 aliphatic rings. The van der Waals surface area contributed by atoms with Gasteiger partial charge in [-0.2, -0.15) is 0 Å². The third-order valence-corrected chi connectivity index (χ3v) is 5.44. The number of amides is 2. The Morgan fingerprint density at radius 3 is 2.46 bits per heavy atom. The lowest BCUT2D eigenvalue weighted by Gasteiger charge is -2.27. The SMILES string of the molecule is C[C@H](CNC(=O)Nc1cc(S(C)(=O)=O)ccc1Cl)N(C)c1ccccc1. The summed E-state index contributed by atoms with van der Waals surface area (Å²) in [6, 6.07) is 13.6. The molecule has 0 aliphatic carbocycles. The van der Waals surface area contributed by atoms with Crippen LogP contribution in [0.1, 0.15) is 6.92 Å². The van der Waals surface area contributed by atoms with Gasteiger partial charge in [0.15, 0.2) is 9.84 Å². The minimum atomic E-state index is -3.38. The molecular weight excluding hydrogens is 374 g/mol. The molecule has 0 radical (unpaired) electrons. The highest BCUT2D eigenvalue weighted by Gasteiger charge is 2.14. The van der Waals surface area contributed by atoms with Crippen LogP contribution in [0.2, 0.25) is 5.02 Å². The van der Waals surface area contributed by atoms with Crippen molar-refractivity contribution in [3.05, 3.63) is 53.6 Å². The van der Waals surface area contributed by atoms with E-state index in [1.54, 1.807) is 0 Å². The number of benzene rings is 2. The van der Waals surface area contributed by atoms with Crippen LogP contribution in [0.5, 0.6) is 0 Å². The number of urea groups is 1. The molecule has 0 saturated carbocycles. The Morgan fingerprint density at radius 2 is 1.85 bits per heavy atom. The third kappa shape index (κ3) is 5.37. The summed E-state index contributed by atoms with van der Waals surface area (Å²) in [6.07, 6.45) is 1.10. The van der Waals surface area contributed by atoms with E-state index in [4.69, 9.17) is 11.6 Å². The largest absolute Gasteiger partial charge is 0.370 e. The monoisotopic (exact) mass is 395 g/mol. The number of sulfone groups is 1. The third-order valence-electron chi connectivity index (χ3n) is 4.00. The summed E-state index contributed by atoms with van der Waals surface area (Å²) in [5.41, 5.74) is 1.29. The van der Waals surface area contributed by atoms with Gasteiger partial charge in [-0.05, 0) is 37.3 Å². The van der Waals surface area contributed by atoms with Crippen molar-refractivity contribution in [1.29, 1.82) is 0 Å². The first-order valence-electron chi connectivity index (χ1n) is 8.01. The Bertz CT molecular complexity index is 873. The zero-order valence-corrected chi connectivity index (χ0v) is 16.4. The number of anilines is 2. The molecule has 0 spiro atoms. The highest BCUT2D eigenvalue weighted by Crippen LogP contribution is 2.25. The maximum atomic E-state index is 12.1. The summed E-state index contributed by atoms with van der Waals surface area (Å²) in [5, 5.41) is 5.62. The molecule has 0 unspecified atom stereocenters. The number of nitrogens with zero attached hydrogens (tertiary/aromatic N) is 1. The Morgan fingerprint density at radius 1 is 1.19 bits per heavy atom. The molecule has 140 valence electrons. The van der Waals surface area contributed by atoms with Crippen LogP contribution in [0.3, 0.4) is 0 Å². The van der Waals surface area contributed by atoms with Gasteiger partial charge >= 0.3 is 6.03 Å². The number of hydrogen-bond acceptors (Lipinski definition) is 4. The van der Waals surface area contributed by atoms with Crippen molar-refractivity contribution in [3.8, 4) is 0 Å². The quantitative estimate of drug-likeness (QED) is 0.785. The molecule has 0 saturated heterocycles. The molecule has 6 nitrogen and oxygen atoms in total. The van der Waals surface area contributed by atoms with Gasteiger partial charge in [-0.3, -0.25) is 0 Å². The fourth-order valence-electron chi connectivity index (χ4n) is 2.29. The number of carbonyl (C=O) groups excluding carboxylic acids is 1. The number of nitrogens with one attached hydrogen (secondary N) is 2. The van der Waals surface area contributed by atoms with E-state index >= 15 is 0 Å². The van der Waals surface area contributed by atoms with E-state index in [0.29, 0.717) is 6.54 Å². The summed E-state index contributed by atoms with van der Waals surface area (Å²) in [6.45, 7) is 2.39. The van der Waals surface area contributed by atoms with Crippen LogP contribution in [0.25, 0.3) is 0 Å². The van der Waals surface area contributed by atoms with Crippen LogP contribution in [-0.2, 0) is 9.84 Å². The fourth-order valence-corrected chi connectivity index (χ4v) is 3.10. The zero-order chi connectivity index (χ0) is 19.3. The van der Waals surface area contributed by atoms with E-state index in [-0.39, 0.29) is 21.6 Å². The molecule has 2 N–H and O–H groups in total. The predicted octanol–water partition coefficient (Wildman–Crippen LogP) is 3.39. The van der Waals surface area contributed by atoms with Gasteiger partial charge in [-0.25, -0.2) is 13.2 Å². The van der Waals surface area contributed by atoms with Gasteiger partial charge in [0, 0.05) is 31.6 Å². The molecule has 26 heavy (non-hydrogen) atoms. The number of likely N-dealkylation sites (N-methyl/N-ethyl adjacent to an activating group) is 1. The number of rotatable bonds is 6. The highest BCUT2D eigenvalue weighted by molar-refractivity contribution is 7.90. The molecule has 0 heterocycles. The molecule has 0 aliphatic heterocycles. The number of para-hydroxylation sites is 1. The van der Waals surface area contributed by atoms with Crippen LogP contribution in [0, 0.1) is 0 Å². The van der Waals surface area contributed by atoms with E-state index in [9.17, 15) is 13.2 Å². The normalized spacial score (nSPS) is 12.3. The molecule has 0 aromatic heterocycles. The van der Waals surface area contributed by atoms with E-state index < -0.39 is 15.9 Å². The first-order chi connectivity index (χ1) is 12.2. The molecular formula is C18H22ClN3O3S. The van der Waals surface area contributed by atoms with Gasteiger partial charge in [-0.15, -0.1) is 0 Å². The first kappa shape index (κ1) is 20.1. The van der Waals surface area contributed by atoms with Crippen molar-refractivity contribution >= 4 is 38.8 Å². The van der Waals surface area contributed by atoms with Crippen LogP contribution in [-0.4, -0.2) is 40.3 Å². The Kier molecular flexibility index (Phi) is 6.50. The molecule has 2 aromatic rings. The average Bonchev–Trinajstić information content (AvgIpc) is 2.60. The summed E-state index contributed by atoms with van der Waals surface area (Å²) in [5.74, 6) is 0. The smallest absolute Gasteiger partial charge is 0.319 e. The minimum absolute atomic E-state index is 0.0565. The second-order valence-electron chi connectivity index (χ2n) is 6.04. The maximum absolute atomic E-state index is 12.1. The van der Waals surface area contributed by atoms with Crippen molar-refractivity contribution in [1.82, 2.24) is 5.32 Å². The van der Waals surface area contributed by atoms with Gasteiger partial charge in [0.05, 0.1) is 15.6 Å². The lowest BCUT2D eigenvalue weighted by atomic mass is 10.2. The average molecular weight is 396 g/mol. The lowest BCUT2D eigenvalue weighted by Crippen LogP contribution is -2.41. The summed E-state index contributed by atoms with van der Waals surface area (Å²) in [4.78, 5) is 14.3. The number of carbonyl (C=O) groups is 1. The van der Waals surface area contributed by atoms with Gasteiger partial charge in [0.2, 0.25) is 0 Å². The van der Waals surface area contributed by atoms with Gasteiger partial charge in [-0.1, -0.05) is 29.8 Å². The van der Waals surface area contributed by atoms with Crippen molar-refractivity contribution in [2.24, 2.45) is 0 Å². The van der Waals surface area contributed by atoms with Crippen LogP contribution < -0.4 is 15.5 Å². The molecule has 8 heteroatoms. The van der Waals surface area contributed by atoms with Crippen LogP contribution in [0.4, 0.5) is 16.2 Å². The van der Waals surface area contributed by atoms with Crippen molar-refractivity contribution in [3.63, 3.8) is 0 Å². The van der Waals surface area contributed by atoms with E-state index in [1.165, 1.54) is 18.2 Å². The number of hydrogen-bond donors (Lipinski definition) is 2. The van der Waals surface area contributed by atoms with Crippen LogP contribution in [0.15, 0.2) is 53.4 Å². The Labute approximate surface area is 159 Å². The lowest BCUT2D eigenvalue weighted by molar-refractivity contribution is 0.251. The van der Waals surface area contributed by atoms with E-state index in [0.717, 1.165) is 11.9 Å². The molecule has 2 amide bonds. The van der Waals surface area contributed by atoms with Crippen molar-refractivity contribution < 1.29 is 13.2 Å². The zero-order valence-electron chi connectivity index (χ0n) is 14.9. The van der Waals surface area contributed by atoms with E-state index in [2.05, 4.69) is 15.5 Å². The number of halogens is 1. The molecule has 0 bridgehead atoms. The standard InChI is InChI=1S/C18H22ClN3O3S/c1-13(22(2)14-7-5-4-6-8-14)12-20-18(23)21-17-11-15(26(3,24)25)9-10-16(17)19/h4-11,13H,12H2,1-3H3,(H2,20,21,23)/t13-/m1/s1. The second-order valence-corrected chi connectivity index (χ2v) is 8.47. The Balaban J connectivity index is 1.97. The van der Waals surface area contributed by atoms with Gasteiger partial charge < -0.3 is 15.5 Å². The summed E-state index contributed by atoms with van der Waals surface area (Å²) in [7, 11) is -1.43. The fraction of sp³-hybridized carbons (Fsp3) is 0.278. The second kappa shape index (κ2) is 8.42. The van der Waals surface area contributed by atoms with Crippen molar-refractivity contribution in [2.45, 2.75) is 17.9 Å². The highest BCUT2D eigenvalue weighted by atomic mass is 35.5. The molecule has 0 fully saturated rings. The van der Waals surface area contributed by atoms with Crippen LogP contribution >= 0.6 is 11.6 Å². The molecule has 1 atom stereocenters. The Hall–Kier alpha value is -2.25. The molecule has 2 rings (SSSR count). The maximum Gasteiger partial charge on any atom is 0.319 e. The van der Waals surface area contributed by atoms with Gasteiger partial charge in [0.1, 0.15) is 0 Å². The first-order valence-corrected chi connectivity index (χ1v) is 10.3. The molecule has 2 aromatic carbocycles. The minimum Gasteiger partial charge on any atom is -0.370 e. The topological polar surface area (TPSA) is 78.5 Å².